The summed E-state index contributed by atoms with van der Waals surface area (Å²) in [7, 11) is 0. The lowest BCUT2D eigenvalue weighted by Gasteiger charge is -2.39. The molecule has 0 amide bonds. The van der Waals surface area contributed by atoms with Crippen LogP contribution in [0.4, 0.5) is 0 Å². The Labute approximate surface area is 108 Å². The highest BCUT2D eigenvalue weighted by molar-refractivity contribution is 5.73. The first-order valence-electron chi connectivity index (χ1n) is 5.53. The first kappa shape index (κ1) is 15.8. The molecule has 4 unspecified atom stereocenters. The number of carboxylic acid groups (broad SMARTS) is 2. The van der Waals surface area contributed by atoms with Gasteiger partial charge in [-0.1, -0.05) is 0 Å². The zero-order valence-electron chi connectivity index (χ0n) is 10.0. The van der Waals surface area contributed by atoms with E-state index in [1.54, 1.807) is 0 Å². The van der Waals surface area contributed by atoms with Gasteiger partial charge in [-0.3, -0.25) is 4.79 Å². The molecule has 1 aliphatic heterocycles. The predicted octanol–water partition coefficient (Wildman–Crippen LogP) is -2.24. The van der Waals surface area contributed by atoms with Crippen LogP contribution < -0.4 is 0 Å². The molecule has 0 spiro atoms. The van der Waals surface area contributed by atoms with Gasteiger partial charge in [-0.15, -0.1) is 0 Å². The molecule has 0 aliphatic carbocycles. The summed E-state index contributed by atoms with van der Waals surface area (Å²) < 4.78 is 9.85. The van der Waals surface area contributed by atoms with Gasteiger partial charge in [0.25, 0.3) is 0 Å². The van der Waals surface area contributed by atoms with Crippen LogP contribution in [0.1, 0.15) is 13.3 Å². The van der Waals surface area contributed by atoms with Crippen LogP contribution in [0.15, 0.2) is 0 Å². The summed E-state index contributed by atoms with van der Waals surface area (Å²) in [6.07, 6.45) is -9.80. The average Bonchev–Trinajstić information content (AvgIpc) is 2.28. The maximum atomic E-state index is 10.8. The molecule has 0 aromatic rings. The molecule has 1 fully saturated rings. The Morgan fingerprint density at radius 2 is 1.74 bits per heavy atom. The minimum Gasteiger partial charge on any atom is -0.481 e. The molecule has 0 saturated carbocycles. The van der Waals surface area contributed by atoms with Gasteiger partial charge in [-0.25, -0.2) is 4.79 Å². The third-order valence-corrected chi connectivity index (χ3v) is 2.64. The summed E-state index contributed by atoms with van der Waals surface area (Å²) in [6.45, 7) is 1.39. The van der Waals surface area contributed by atoms with Crippen molar-refractivity contribution in [1.82, 2.24) is 0 Å². The summed E-state index contributed by atoms with van der Waals surface area (Å²) in [5, 5.41) is 45.8. The molecule has 0 aromatic heterocycles. The number of aliphatic carboxylic acids is 2. The van der Waals surface area contributed by atoms with Crippen molar-refractivity contribution in [3.63, 3.8) is 0 Å². The molecule has 9 heteroatoms. The fourth-order valence-electron chi connectivity index (χ4n) is 1.69. The quantitative estimate of drug-likeness (QED) is 0.376. The van der Waals surface area contributed by atoms with E-state index in [9.17, 15) is 24.9 Å². The van der Waals surface area contributed by atoms with Crippen molar-refractivity contribution in [2.75, 3.05) is 0 Å². The van der Waals surface area contributed by atoms with E-state index in [2.05, 4.69) is 0 Å². The first-order valence-corrected chi connectivity index (χ1v) is 5.53. The van der Waals surface area contributed by atoms with Crippen LogP contribution in [0, 0.1) is 0 Å². The van der Waals surface area contributed by atoms with Gasteiger partial charge in [-0.2, -0.15) is 0 Å². The molecular formula is C10H16O9. The number of ether oxygens (including phenoxy) is 2. The van der Waals surface area contributed by atoms with Gasteiger partial charge in [0.15, 0.2) is 12.4 Å². The highest BCUT2D eigenvalue weighted by atomic mass is 16.7. The highest BCUT2D eigenvalue weighted by Crippen LogP contribution is 2.23. The third-order valence-electron chi connectivity index (χ3n) is 2.64. The molecule has 1 aliphatic rings. The second-order valence-electron chi connectivity index (χ2n) is 4.28. The molecule has 110 valence electrons. The molecule has 0 bridgehead atoms. The largest absolute Gasteiger partial charge is 0.481 e. The minimum atomic E-state index is -1.80. The van der Waals surface area contributed by atoms with E-state index in [1.165, 1.54) is 6.92 Å². The van der Waals surface area contributed by atoms with Gasteiger partial charge in [0.1, 0.15) is 18.3 Å². The van der Waals surface area contributed by atoms with Crippen LogP contribution >= 0.6 is 0 Å². The van der Waals surface area contributed by atoms with Gasteiger partial charge >= 0.3 is 11.9 Å². The molecule has 0 aromatic carbocycles. The normalized spacial score (nSPS) is 36.7. The zero-order chi connectivity index (χ0) is 14.7. The van der Waals surface area contributed by atoms with Crippen molar-refractivity contribution in [3.8, 4) is 0 Å². The lowest BCUT2D eigenvalue weighted by molar-refractivity contribution is -0.303. The Morgan fingerprint density at radius 3 is 2.21 bits per heavy atom. The van der Waals surface area contributed by atoms with Crippen LogP contribution in [0.5, 0.6) is 0 Å². The number of aliphatic hydroxyl groups is 3. The summed E-state index contributed by atoms with van der Waals surface area (Å²) in [4.78, 5) is 21.3. The number of rotatable bonds is 5. The maximum Gasteiger partial charge on any atom is 0.335 e. The van der Waals surface area contributed by atoms with Crippen LogP contribution in [0.3, 0.4) is 0 Å². The molecule has 1 heterocycles. The zero-order valence-corrected chi connectivity index (χ0v) is 10.0. The lowest BCUT2D eigenvalue weighted by Crippen LogP contribution is -2.60. The summed E-state index contributed by atoms with van der Waals surface area (Å²) in [6, 6.07) is 0. The van der Waals surface area contributed by atoms with Crippen LogP contribution in [0.25, 0.3) is 0 Å². The summed E-state index contributed by atoms with van der Waals surface area (Å²) >= 11 is 0. The van der Waals surface area contributed by atoms with Crippen molar-refractivity contribution < 1.29 is 44.6 Å². The second kappa shape index (κ2) is 6.26. The van der Waals surface area contributed by atoms with Crippen molar-refractivity contribution in [1.29, 1.82) is 0 Å². The van der Waals surface area contributed by atoms with Gasteiger partial charge in [0.2, 0.25) is 0 Å². The topological polar surface area (TPSA) is 154 Å². The van der Waals surface area contributed by atoms with E-state index in [-0.39, 0.29) is 6.42 Å². The number of carboxylic acids is 2. The number of aliphatic hydroxyl groups excluding tert-OH is 3. The van der Waals surface area contributed by atoms with Crippen LogP contribution in [0.2, 0.25) is 0 Å². The Bertz CT molecular complexity index is 344. The van der Waals surface area contributed by atoms with Gasteiger partial charge in [0.05, 0.1) is 12.5 Å². The molecule has 6 atom stereocenters. The molecule has 19 heavy (non-hydrogen) atoms. The minimum absolute atomic E-state index is 0.386. The lowest BCUT2D eigenvalue weighted by atomic mass is 9.99. The summed E-state index contributed by atoms with van der Waals surface area (Å²) in [5.41, 5.74) is 0. The van der Waals surface area contributed by atoms with E-state index in [1.807, 2.05) is 0 Å². The molecule has 0 radical (unpaired) electrons. The van der Waals surface area contributed by atoms with E-state index in [0.29, 0.717) is 0 Å². The van der Waals surface area contributed by atoms with Crippen LogP contribution in [-0.4, -0.2) is 74.3 Å². The smallest absolute Gasteiger partial charge is 0.335 e. The number of hydrogen-bond acceptors (Lipinski definition) is 7. The Hall–Kier alpha value is -1.26. The van der Waals surface area contributed by atoms with Crippen molar-refractivity contribution >= 4 is 11.9 Å². The van der Waals surface area contributed by atoms with Gasteiger partial charge in [-0.05, 0) is 6.92 Å². The second-order valence-corrected chi connectivity index (χ2v) is 4.28. The first-order chi connectivity index (χ1) is 8.73. The monoisotopic (exact) mass is 280 g/mol. The predicted molar refractivity (Wildman–Crippen MR) is 57.1 cm³/mol. The standard InChI is InChI=1S/C10H16O9/c1-3(2-4(11)12)18-10-7(15)5(13)6(14)8(19-10)9(16)17/h3,5-8,10,13-15H,2H2,1H3,(H,11,12)(H,16,17)/t3?,5?,6-,7?,8?,10-/m0/s1. The maximum absolute atomic E-state index is 10.8. The average molecular weight is 280 g/mol. The number of carbonyl (C=O) groups is 2. The van der Waals surface area contributed by atoms with Crippen molar-refractivity contribution in [2.45, 2.75) is 50.2 Å². The highest BCUT2D eigenvalue weighted by Gasteiger charge is 2.47. The van der Waals surface area contributed by atoms with E-state index in [4.69, 9.17) is 19.7 Å². The fraction of sp³-hybridized carbons (Fsp3) is 0.800. The SMILES string of the molecule is CC(CC(=O)O)O[C@H]1OC(C(=O)O)[C@@H](O)C(O)C1O. The third kappa shape index (κ3) is 3.85. The van der Waals surface area contributed by atoms with Crippen LogP contribution in [-0.2, 0) is 19.1 Å². The molecular weight excluding hydrogens is 264 g/mol. The van der Waals surface area contributed by atoms with E-state index < -0.39 is 48.7 Å². The Kier molecular flexibility index (Phi) is 5.20. The van der Waals surface area contributed by atoms with Crippen molar-refractivity contribution in [2.24, 2.45) is 0 Å². The fourth-order valence-corrected chi connectivity index (χ4v) is 1.69. The van der Waals surface area contributed by atoms with Gasteiger partial charge in [0, 0.05) is 0 Å². The number of hydrogen-bond donors (Lipinski definition) is 5. The molecule has 1 rings (SSSR count). The van der Waals surface area contributed by atoms with E-state index in [0.717, 1.165) is 0 Å². The molecule has 9 nitrogen and oxygen atoms in total. The Morgan fingerprint density at radius 1 is 1.16 bits per heavy atom. The Balaban J connectivity index is 2.71. The van der Waals surface area contributed by atoms with E-state index >= 15 is 0 Å². The summed E-state index contributed by atoms with van der Waals surface area (Å²) in [5.74, 6) is -2.67. The molecule has 1 saturated heterocycles. The molecule has 5 N–H and O–H groups in total. The van der Waals surface area contributed by atoms with Crippen molar-refractivity contribution in [3.05, 3.63) is 0 Å². The van der Waals surface area contributed by atoms with Gasteiger partial charge < -0.3 is 35.0 Å².